The summed E-state index contributed by atoms with van der Waals surface area (Å²) in [7, 11) is -4.94. The Morgan fingerprint density at radius 2 is 1.52 bits per heavy atom. The zero-order valence-corrected chi connectivity index (χ0v) is 32.1. The number of rotatable bonds is 13. The Morgan fingerprint density at radius 3 is 2.12 bits per heavy atom. The van der Waals surface area contributed by atoms with Crippen LogP contribution in [0, 0.1) is 5.92 Å². The summed E-state index contributed by atoms with van der Waals surface area (Å²) < 4.78 is 70.1. The molecule has 1 aliphatic carbocycles. The van der Waals surface area contributed by atoms with Gasteiger partial charge in [-0.15, -0.1) is 0 Å². The molecule has 0 spiro atoms. The molecule has 0 bridgehead atoms. The molecule has 0 aromatic rings. The molecule has 4 fully saturated rings. The standard InChI is InChI=1S/C27H47NO17S.2Na/c1-12-18(30)20(32)21(33)26(41-12)45-23-14(7-8-40-16(23)10-28-46(37,38)39)43-27-22(34)24(19(31)17(11-29)44-27)42-15(25(35)36)9-13-5-3-2-4-6-13;;/h12-24,26-34H,2-11H2,1H3,(H,35,36)(H,37,38,39);;/q;2*+1/p-2/t12-,14+,15+,16?,17+,18+,19-,20-,21+,22-,23-,24+,26-,27+;;/m1../s1. The first-order valence-electron chi connectivity index (χ1n) is 15.5. The normalized spacial score (nSPS) is 40.3. The maximum absolute atomic E-state index is 12.0. The third-order valence-corrected chi connectivity index (χ3v) is 9.54. The Morgan fingerprint density at radius 1 is 0.875 bits per heavy atom. The van der Waals surface area contributed by atoms with Gasteiger partial charge < -0.3 is 73.5 Å². The van der Waals surface area contributed by atoms with Gasteiger partial charge in [-0.1, -0.05) is 32.1 Å². The molecule has 0 aromatic heterocycles. The number of aliphatic hydroxyl groups excluding tert-OH is 6. The quantitative estimate of drug-likeness (QED) is 0.0683. The van der Waals surface area contributed by atoms with E-state index in [1.54, 1.807) is 4.72 Å². The van der Waals surface area contributed by atoms with E-state index in [-0.39, 0.29) is 84.5 Å². The van der Waals surface area contributed by atoms with Gasteiger partial charge in [-0.25, -0.2) is 13.1 Å². The van der Waals surface area contributed by atoms with Gasteiger partial charge in [0.2, 0.25) is 0 Å². The van der Waals surface area contributed by atoms with Crippen LogP contribution in [0.4, 0.5) is 0 Å². The van der Waals surface area contributed by atoms with E-state index < -0.39 is 115 Å². The van der Waals surface area contributed by atoms with E-state index in [4.69, 9.17) is 28.4 Å². The van der Waals surface area contributed by atoms with Crippen LogP contribution in [-0.2, 0) is 43.5 Å². The maximum Gasteiger partial charge on any atom is 1.00 e. The first-order valence-corrected chi connectivity index (χ1v) is 16.9. The van der Waals surface area contributed by atoms with Crippen molar-refractivity contribution < 1.29 is 141 Å². The zero-order chi connectivity index (χ0) is 33.8. The Balaban J connectivity index is 0.00000400. The Kier molecular flexibility index (Phi) is 19.1. The van der Waals surface area contributed by atoms with Crippen LogP contribution in [0.3, 0.4) is 0 Å². The predicted octanol–water partition coefficient (Wildman–Crippen LogP) is -10.7. The molecule has 18 nitrogen and oxygen atoms in total. The van der Waals surface area contributed by atoms with Gasteiger partial charge in [-0.3, -0.25) is 0 Å². The molecule has 3 aliphatic heterocycles. The number of nitrogens with one attached hydrogen (secondary N) is 1. The van der Waals surface area contributed by atoms with Crippen LogP contribution in [-0.4, -0.2) is 155 Å². The minimum Gasteiger partial charge on any atom is -0.735 e. The molecule has 4 aliphatic rings. The fraction of sp³-hybridized carbons (Fsp3) is 0.963. The molecule has 7 N–H and O–H groups in total. The summed E-state index contributed by atoms with van der Waals surface area (Å²) in [6.07, 6.45) is -16.4. The van der Waals surface area contributed by atoms with Crippen LogP contribution < -0.4 is 68.9 Å². The van der Waals surface area contributed by atoms with E-state index in [0.717, 1.165) is 32.1 Å². The number of carbonyl (C=O) groups is 1. The second kappa shape index (κ2) is 20.4. The van der Waals surface area contributed by atoms with E-state index in [0.29, 0.717) is 0 Å². The zero-order valence-electron chi connectivity index (χ0n) is 27.3. The number of ether oxygens (including phenoxy) is 6. The van der Waals surface area contributed by atoms with Gasteiger partial charge in [0, 0.05) is 13.2 Å². The maximum atomic E-state index is 12.0. The van der Waals surface area contributed by atoms with Crippen LogP contribution in [0.2, 0.25) is 0 Å². The summed E-state index contributed by atoms with van der Waals surface area (Å²) in [5.74, 6) is -1.50. The van der Waals surface area contributed by atoms with Gasteiger partial charge in [-0.2, -0.15) is 0 Å². The van der Waals surface area contributed by atoms with Crippen LogP contribution in [0.5, 0.6) is 0 Å². The van der Waals surface area contributed by atoms with Gasteiger partial charge in [0.05, 0.1) is 37.0 Å². The second-order valence-corrected chi connectivity index (χ2v) is 13.5. The summed E-state index contributed by atoms with van der Waals surface area (Å²) >= 11 is 0. The topological polar surface area (TPSA) is 286 Å². The van der Waals surface area contributed by atoms with Crippen molar-refractivity contribution in [3.05, 3.63) is 0 Å². The third-order valence-electron chi connectivity index (χ3n) is 9.02. The Bertz CT molecular complexity index is 1090. The molecule has 48 heavy (non-hydrogen) atoms. The van der Waals surface area contributed by atoms with Crippen molar-refractivity contribution in [3.8, 4) is 0 Å². The van der Waals surface area contributed by atoms with Crippen molar-refractivity contribution in [3.63, 3.8) is 0 Å². The summed E-state index contributed by atoms with van der Waals surface area (Å²) in [6.45, 7) is -0.0594. The molecule has 14 atom stereocenters. The van der Waals surface area contributed by atoms with E-state index >= 15 is 0 Å². The fourth-order valence-electron chi connectivity index (χ4n) is 6.42. The summed E-state index contributed by atoms with van der Waals surface area (Å²) in [4.78, 5) is 12.0. The monoisotopic (exact) mass is 733 g/mol. The molecular weight excluding hydrogens is 688 g/mol. The Labute approximate surface area is 323 Å². The molecule has 3 saturated heterocycles. The van der Waals surface area contributed by atoms with Gasteiger partial charge in [-0.05, 0) is 25.7 Å². The van der Waals surface area contributed by atoms with E-state index in [9.17, 15) is 53.5 Å². The van der Waals surface area contributed by atoms with Crippen LogP contribution in [0.25, 0.3) is 0 Å². The largest absolute Gasteiger partial charge is 1.00 e. The number of carbonyl (C=O) groups excluding carboxylic acids is 1. The minimum absolute atomic E-state index is 0. The van der Waals surface area contributed by atoms with Gasteiger partial charge in [0.25, 0.3) is 0 Å². The first kappa shape index (κ1) is 45.0. The summed E-state index contributed by atoms with van der Waals surface area (Å²) in [5.41, 5.74) is 0. The number of aliphatic carboxylic acids is 1. The molecule has 1 unspecified atom stereocenters. The van der Waals surface area contributed by atoms with Gasteiger partial charge in [0.1, 0.15) is 48.8 Å². The Hall–Kier alpha value is 0.860. The van der Waals surface area contributed by atoms with Gasteiger partial charge in [0.15, 0.2) is 22.9 Å². The minimum atomic E-state index is -4.94. The van der Waals surface area contributed by atoms with E-state index in [1.165, 1.54) is 6.92 Å². The van der Waals surface area contributed by atoms with Crippen LogP contribution >= 0.6 is 0 Å². The average Bonchev–Trinajstić information content (AvgIpc) is 3.01. The molecule has 21 heteroatoms. The number of carboxylic acid groups (broad SMARTS) is 1. The SMILES string of the molecule is C[C@H]1O[C@H](O[C@H]2C(CNS(=O)(=O)[O-])OCC[C@@H]2O[C@H]2O[C@@H](CO)[C@@H](O)[C@H](O[C@@H](CC3CCCCC3)C(=O)[O-])[C@H]2O)[C@@H](O)[C@H](O)[C@H]1O.[Na+].[Na+]. The molecule has 0 radical (unpaired) electrons. The average molecular weight is 734 g/mol. The molecular formula is C27H45NNa2O17S. The first-order chi connectivity index (χ1) is 21.7. The summed E-state index contributed by atoms with van der Waals surface area (Å²) in [6, 6.07) is 0. The van der Waals surface area contributed by atoms with E-state index in [1.807, 2.05) is 0 Å². The number of aliphatic hydroxyl groups is 6. The molecule has 0 amide bonds. The van der Waals surface area contributed by atoms with Crippen LogP contribution in [0.15, 0.2) is 0 Å². The number of carboxylic acids is 1. The third kappa shape index (κ3) is 11.9. The molecule has 4 rings (SSSR count). The van der Waals surface area contributed by atoms with Crippen molar-refractivity contribution in [2.24, 2.45) is 5.92 Å². The van der Waals surface area contributed by atoms with Gasteiger partial charge >= 0.3 is 59.1 Å². The smallest absolute Gasteiger partial charge is 0.735 e. The molecule has 268 valence electrons. The molecule has 0 aromatic carbocycles. The van der Waals surface area contributed by atoms with Crippen LogP contribution in [0.1, 0.15) is 51.9 Å². The van der Waals surface area contributed by atoms with Crippen molar-refractivity contribution in [2.75, 3.05) is 19.8 Å². The number of hydrogen-bond donors (Lipinski definition) is 7. The molecule has 1 saturated carbocycles. The second-order valence-electron chi connectivity index (χ2n) is 12.3. The number of hydrogen-bond acceptors (Lipinski definition) is 17. The van der Waals surface area contributed by atoms with Crippen molar-refractivity contribution >= 4 is 16.3 Å². The van der Waals surface area contributed by atoms with Crippen molar-refractivity contribution in [1.29, 1.82) is 0 Å². The van der Waals surface area contributed by atoms with E-state index in [2.05, 4.69) is 0 Å². The fourth-order valence-corrected chi connectivity index (χ4v) is 6.78. The molecule has 3 heterocycles. The van der Waals surface area contributed by atoms with Crippen molar-refractivity contribution in [1.82, 2.24) is 4.72 Å². The van der Waals surface area contributed by atoms with Crippen molar-refractivity contribution in [2.45, 2.75) is 138 Å². The predicted molar refractivity (Wildman–Crippen MR) is 147 cm³/mol. The summed E-state index contributed by atoms with van der Waals surface area (Å²) in [5, 5.41) is 74.9.